The van der Waals surface area contributed by atoms with E-state index < -0.39 is 0 Å². The molecule has 4 nitrogen and oxygen atoms in total. The van der Waals surface area contributed by atoms with Gasteiger partial charge in [-0.1, -0.05) is 6.07 Å². The van der Waals surface area contributed by atoms with Crippen molar-refractivity contribution in [1.82, 2.24) is 9.55 Å². The van der Waals surface area contributed by atoms with Crippen LogP contribution in [0.25, 0.3) is 10.9 Å². The van der Waals surface area contributed by atoms with Crippen LogP contribution < -0.4 is 5.56 Å². The SMILES string of the molecule is CC(=O)c1c(Cc2ccc(I)cc2F)n(C)c(=O)c2cccnc12. The van der Waals surface area contributed by atoms with Gasteiger partial charge in [-0.15, -0.1) is 0 Å². The second-order valence-corrected chi connectivity index (χ2v) is 6.80. The van der Waals surface area contributed by atoms with E-state index in [2.05, 4.69) is 4.98 Å². The molecule has 0 aliphatic carbocycles. The van der Waals surface area contributed by atoms with Crippen LogP contribution in [0.5, 0.6) is 0 Å². The first-order valence-electron chi connectivity index (χ1n) is 7.31. The lowest BCUT2D eigenvalue weighted by Crippen LogP contribution is -2.25. The summed E-state index contributed by atoms with van der Waals surface area (Å²) in [5.41, 5.74) is 1.39. The molecule has 0 unspecified atom stereocenters. The highest BCUT2D eigenvalue weighted by Gasteiger charge is 2.20. The molecular formula is C18H14FIN2O2. The van der Waals surface area contributed by atoms with Crippen molar-refractivity contribution in [2.24, 2.45) is 7.05 Å². The predicted molar refractivity (Wildman–Crippen MR) is 98.9 cm³/mol. The van der Waals surface area contributed by atoms with Crippen molar-refractivity contribution >= 4 is 39.3 Å². The monoisotopic (exact) mass is 436 g/mol. The third-order valence-corrected chi connectivity index (χ3v) is 4.67. The van der Waals surface area contributed by atoms with Crippen molar-refractivity contribution in [3.63, 3.8) is 0 Å². The molecule has 6 heteroatoms. The Morgan fingerprint density at radius 2 is 2.08 bits per heavy atom. The van der Waals surface area contributed by atoms with Gasteiger partial charge in [-0.2, -0.15) is 0 Å². The van der Waals surface area contributed by atoms with Gasteiger partial charge in [0.25, 0.3) is 5.56 Å². The van der Waals surface area contributed by atoms with Gasteiger partial charge in [0.15, 0.2) is 5.78 Å². The van der Waals surface area contributed by atoms with Crippen molar-refractivity contribution in [1.29, 1.82) is 0 Å². The second-order valence-electron chi connectivity index (χ2n) is 5.55. The van der Waals surface area contributed by atoms with Crippen LogP contribution in [-0.2, 0) is 13.5 Å². The number of fused-ring (bicyclic) bond motifs is 1. The average molecular weight is 436 g/mol. The number of benzene rings is 1. The van der Waals surface area contributed by atoms with Crippen molar-refractivity contribution in [2.75, 3.05) is 0 Å². The highest BCUT2D eigenvalue weighted by molar-refractivity contribution is 14.1. The zero-order valence-corrected chi connectivity index (χ0v) is 15.3. The average Bonchev–Trinajstić information content (AvgIpc) is 2.54. The van der Waals surface area contributed by atoms with Gasteiger partial charge in [-0.05, 0) is 59.3 Å². The van der Waals surface area contributed by atoms with E-state index in [9.17, 15) is 14.0 Å². The van der Waals surface area contributed by atoms with E-state index >= 15 is 0 Å². The normalized spacial score (nSPS) is 11.0. The van der Waals surface area contributed by atoms with Crippen LogP contribution in [0.4, 0.5) is 4.39 Å². The molecule has 0 amide bonds. The van der Waals surface area contributed by atoms with Crippen LogP contribution in [-0.4, -0.2) is 15.3 Å². The lowest BCUT2D eigenvalue weighted by Gasteiger charge is -2.15. The molecule has 0 radical (unpaired) electrons. The summed E-state index contributed by atoms with van der Waals surface area (Å²) in [6.07, 6.45) is 1.69. The van der Waals surface area contributed by atoms with E-state index in [1.54, 1.807) is 37.5 Å². The lowest BCUT2D eigenvalue weighted by molar-refractivity contribution is 0.101. The molecule has 24 heavy (non-hydrogen) atoms. The molecule has 0 saturated carbocycles. The van der Waals surface area contributed by atoms with Crippen LogP contribution in [0.2, 0.25) is 0 Å². The fourth-order valence-electron chi connectivity index (χ4n) is 2.81. The summed E-state index contributed by atoms with van der Waals surface area (Å²) in [5.74, 6) is -0.555. The minimum atomic E-state index is -0.357. The van der Waals surface area contributed by atoms with Gasteiger partial charge in [0, 0.05) is 28.9 Å². The number of halogens is 2. The lowest BCUT2D eigenvalue weighted by atomic mass is 9.99. The number of nitrogens with zero attached hydrogens (tertiary/aromatic N) is 2. The molecule has 122 valence electrons. The summed E-state index contributed by atoms with van der Waals surface area (Å²) < 4.78 is 16.4. The maximum absolute atomic E-state index is 14.2. The first-order valence-corrected chi connectivity index (χ1v) is 8.39. The fourth-order valence-corrected chi connectivity index (χ4v) is 3.26. The Balaban J connectivity index is 2.31. The molecule has 0 aliphatic heterocycles. The molecule has 2 heterocycles. The summed E-state index contributed by atoms with van der Waals surface area (Å²) in [4.78, 5) is 29.0. The third kappa shape index (κ3) is 2.86. The van der Waals surface area contributed by atoms with Gasteiger partial charge < -0.3 is 4.57 Å². The Hall–Kier alpha value is -2.09. The minimum Gasteiger partial charge on any atom is -0.314 e. The smallest absolute Gasteiger partial charge is 0.260 e. The summed E-state index contributed by atoms with van der Waals surface area (Å²) in [6, 6.07) is 8.21. The molecule has 2 aromatic heterocycles. The number of carbonyl (C=O) groups is 1. The van der Waals surface area contributed by atoms with E-state index in [0.29, 0.717) is 27.7 Å². The van der Waals surface area contributed by atoms with Crippen molar-refractivity contribution in [3.05, 3.63) is 73.1 Å². The highest BCUT2D eigenvalue weighted by Crippen LogP contribution is 2.22. The zero-order valence-electron chi connectivity index (χ0n) is 13.1. The van der Waals surface area contributed by atoms with Crippen molar-refractivity contribution in [3.8, 4) is 0 Å². The molecule has 1 aromatic carbocycles. The number of pyridine rings is 2. The number of carbonyl (C=O) groups excluding carboxylic acids is 1. The van der Waals surface area contributed by atoms with E-state index in [0.717, 1.165) is 3.57 Å². The van der Waals surface area contributed by atoms with Crippen LogP contribution in [0, 0.1) is 9.39 Å². The van der Waals surface area contributed by atoms with Gasteiger partial charge in [0.1, 0.15) is 5.82 Å². The Bertz CT molecular complexity index is 1030. The maximum atomic E-state index is 14.2. The van der Waals surface area contributed by atoms with Crippen molar-refractivity contribution in [2.45, 2.75) is 13.3 Å². The Morgan fingerprint density at radius 1 is 1.33 bits per heavy atom. The molecule has 0 N–H and O–H groups in total. The summed E-state index contributed by atoms with van der Waals surface area (Å²) in [5, 5.41) is 0.386. The van der Waals surface area contributed by atoms with E-state index in [4.69, 9.17) is 0 Å². The van der Waals surface area contributed by atoms with Crippen LogP contribution in [0.15, 0.2) is 41.3 Å². The van der Waals surface area contributed by atoms with E-state index in [1.165, 1.54) is 17.6 Å². The highest BCUT2D eigenvalue weighted by atomic mass is 127. The number of hydrogen-bond acceptors (Lipinski definition) is 3. The maximum Gasteiger partial charge on any atom is 0.260 e. The number of ketones is 1. The number of Topliss-reactive ketones (excluding diaryl/α,β-unsaturated/α-hetero) is 1. The molecule has 0 bridgehead atoms. The largest absolute Gasteiger partial charge is 0.314 e. The fraction of sp³-hybridized carbons (Fsp3) is 0.167. The minimum absolute atomic E-state index is 0.149. The predicted octanol–water partition coefficient (Wildman–Crippen LogP) is 3.47. The van der Waals surface area contributed by atoms with Gasteiger partial charge in [-0.25, -0.2) is 4.39 Å². The first kappa shape index (κ1) is 16.8. The molecule has 3 rings (SSSR count). The molecule has 0 spiro atoms. The quantitative estimate of drug-likeness (QED) is 0.467. The molecule has 0 fully saturated rings. The van der Waals surface area contributed by atoms with Gasteiger partial charge in [-0.3, -0.25) is 14.6 Å². The number of aromatic nitrogens is 2. The topological polar surface area (TPSA) is 52.0 Å². The Morgan fingerprint density at radius 3 is 2.75 bits per heavy atom. The molecule has 3 aromatic rings. The molecule has 0 atom stereocenters. The van der Waals surface area contributed by atoms with Crippen LogP contribution in [0.1, 0.15) is 28.5 Å². The molecular weight excluding hydrogens is 422 g/mol. The third-order valence-electron chi connectivity index (χ3n) is 4.00. The van der Waals surface area contributed by atoms with Gasteiger partial charge >= 0.3 is 0 Å². The molecule has 0 aliphatic rings. The summed E-state index contributed by atoms with van der Waals surface area (Å²) in [6.45, 7) is 1.43. The number of rotatable bonds is 3. The standard InChI is InChI=1S/C18H14FIN2O2/c1-10(23)16-15(8-11-5-6-12(20)9-14(11)19)22(2)18(24)13-4-3-7-21-17(13)16/h3-7,9H,8H2,1-2H3. The summed E-state index contributed by atoms with van der Waals surface area (Å²) >= 11 is 2.03. The number of hydrogen-bond donors (Lipinski definition) is 0. The first-order chi connectivity index (χ1) is 11.4. The zero-order chi connectivity index (χ0) is 17.4. The van der Waals surface area contributed by atoms with Gasteiger partial charge in [0.2, 0.25) is 0 Å². The van der Waals surface area contributed by atoms with Crippen LogP contribution >= 0.6 is 22.6 Å². The van der Waals surface area contributed by atoms with Crippen LogP contribution in [0.3, 0.4) is 0 Å². The van der Waals surface area contributed by atoms with E-state index in [1.807, 2.05) is 22.6 Å². The second kappa shape index (κ2) is 6.43. The van der Waals surface area contributed by atoms with Crippen molar-refractivity contribution < 1.29 is 9.18 Å². The summed E-state index contributed by atoms with van der Waals surface area (Å²) in [7, 11) is 1.60. The Kier molecular flexibility index (Phi) is 4.49. The Labute approximate surface area is 151 Å². The molecule has 0 saturated heterocycles. The van der Waals surface area contributed by atoms with E-state index in [-0.39, 0.29) is 23.6 Å². The van der Waals surface area contributed by atoms with Gasteiger partial charge in [0.05, 0.1) is 16.5 Å².